The number of benzene rings is 1. The number of carboxylic acids is 1. The molecule has 132 valence electrons. The predicted octanol–water partition coefficient (Wildman–Crippen LogP) is 2.94. The van der Waals surface area contributed by atoms with E-state index in [9.17, 15) is 14.7 Å². The molecule has 0 aliphatic carbocycles. The molecule has 0 saturated heterocycles. The fourth-order valence-corrected chi connectivity index (χ4v) is 2.26. The third-order valence-electron chi connectivity index (χ3n) is 3.83. The molecular formula is C19H22N2O4. The minimum atomic E-state index is -1.16. The second kappa shape index (κ2) is 7.34. The number of methoxy groups -OCH3 is 1. The van der Waals surface area contributed by atoms with Crippen LogP contribution in [0, 0.1) is 0 Å². The van der Waals surface area contributed by atoms with E-state index in [0.29, 0.717) is 11.3 Å². The molecule has 1 heterocycles. The van der Waals surface area contributed by atoms with Gasteiger partial charge >= 0.3 is 5.97 Å². The Morgan fingerprint density at radius 3 is 2.20 bits per heavy atom. The molecule has 1 aromatic heterocycles. The van der Waals surface area contributed by atoms with Crippen molar-refractivity contribution < 1.29 is 19.4 Å². The first kappa shape index (κ1) is 18.4. The molecule has 0 aliphatic heterocycles. The first-order valence-corrected chi connectivity index (χ1v) is 7.86. The van der Waals surface area contributed by atoms with E-state index < -0.39 is 17.9 Å². The Kier molecular flexibility index (Phi) is 5.41. The molecule has 1 unspecified atom stereocenters. The zero-order valence-corrected chi connectivity index (χ0v) is 14.7. The van der Waals surface area contributed by atoms with Gasteiger partial charge in [0.1, 0.15) is 11.4 Å². The number of aliphatic carboxylic acids is 1. The van der Waals surface area contributed by atoms with Gasteiger partial charge in [-0.25, -0.2) is 4.79 Å². The van der Waals surface area contributed by atoms with Crippen molar-refractivity contribution in [3.05, 3.63) is 59.4 Å². The number of nitrogens with zero attached hydrogens (tertiary/aromatic N) is 1. The number of nitrogens with one attached hydrogen (secondary N) is 1. The van der Waals surface area contributed by atoms with Crippen LogP contribution < -0.4 is 10.1 Å². The van der Waals surface area contributed by atoms with E-state index in [1.165, 1.54) is 7.11 Å². The molecule has 25 heavy (non-hydrogen) atoms. The van der Waals surface area contributed by atoms with Gasteiger partial charge in [0, 0.05) is 6.20 Å². The fourth-order valence-electron chi connectivity index (χ4n) is 2.26. The minimum absolute atomic E-state index is 0.0747. The highest BCUT2D eigenvalue weighted by molar-refractivity contribution is 5.95. The molecule has 2 aromatic rings. The molecule has 2 rings (SSSR count). The van der Waals surface area contributed by atoms with Crippen molar-refractivity contribution in [2.45, 2.75) is 32.2 Å². The minimum Gasteiger partial charge on any atom is -0.497 e. The lowest BCUT2D eigenvalue weighted by atomic mass is 9.88. The van der Waals surface area contributed by atoms with Gasteiger partial charge in [-0.15, -0.1) is 0 Å². The number of carbonyl (C=O) groups excluding carboxylic acids is 1. The Morgan fingerprint density at radius 2 is 1.76 bits per heavy atom. The number of hydrogen-bond donors (Lipinski definition) is 2. The summed E-state index contributed by atoms with van der Waals surface area (Å²) < 4.78 is 5.05. The average Bonchev–Trinajstić information content (AvgIpc) is 2.58. The van der Waals surface area contributed by atoms with Gasteiger partial charge in [-0.3, -0.25) is 9.78 Å². The zero-order chi connectivity index (χ0) is 18.6. The summed E-state index contributed by atoms with van der Waals surface area (Å²) in [5.41, 5.74) is 1.55. The van der Waals surface area contributed by atoms with Crippen LogP contribution in [-0.4, -0.2) is 29.1 Å². The maximum absolute atomic E-state index is 12.4. The summed E-state index contributed by atoms with van der Waals surface area (Å²) in [6, 6.07) is 8.76. The number of carbonyl (C=O) groups is 2. The maximum Gasteiger partial charge on any atom is 0.330 e. The molecule has 0 bridgehead atoms. The highest BCUT2D eigenvalue weighted by atomic mass is 16.5. The quantitative estimate of drug-likeness (QED) is 0.872. The second-order valence-corrected chi connectivity index (χ2v) is 6.70. The van der Waals surface area contributed by atoms with E-state index >= 15 is 0 Å². The van der Waals surface area contributed by atoms with Crippen LogP contribution in [0.3, 0.4) is 0 Å². The first-order chi connectivity index (χ1) is 11.7. The fraction of sp³-hybridized carbons (Fsp3) is 0.316. The van der Waals surface area contributed by atoms with E-state index in [1.54, 1.807) is 36.5 Å². The summed E-state index contributed by atoms with van der Waals surface area (Å²) in [5.74, 6) is -1.08. The van der Waals surface area contributed by atoms with Gasteiger partial charge in [0.05, 0.1) is 7.11 Å². The van der Waals surface area contributed by atoms with E-state index in [-0.39, 0.29) is 11.1 Å². The lowest BCUT2D eigenvalue weighted by Gasteiger charge is -2.19. The van der Waals surface area contributed by atoms with Gasteiger partial charge in [0.2, 0.25) is 0 Å². The summed E-state index contributed by atoms with van der Waals surface area (Å²) in [6.45, 7) is 6.15. The largest absolute Gasteiger partial charge is 0.497 e. The number of aromatic nitrogens is 1. The molecule has 0 fully saturated rings. The second-order valence-electron chi connectivity index (χ2n) is 6.70. The number of pyridine rings is 1. The molecule has 0 spiro atoms. The lowest BCUT2D eigenvalue weighted by molar-refractivity contribution is -0.139. The molecule has 0 saturated carbocycles. The number of amides is 1. The van der Waals surface area contributed by atoms with E-state index in [1.807, 2.05) is 26.8 Å². The molecule has 6 heteroatoms. The number of ether oxygens (including phenoxy) is 1. The normalized spacial score (nSPS) is 12.3. The Balaban J connectivity index is 2.18. The van der Waals surface area contributed by atoms with Crippen LogP contribution in [0.15, 0.2) is 42.6 Å². The third-order valence-corrected chi connectivity index (χ3v) is 3.83. The molecule has 1 amide bonds. The standard InChI is InChI=1S/C19H22N2O4/c1-19(2,3)13-7-10-15(20-11-13)17(22)21-16(18(23)24)12-5-8-14(25-4)9-6-12/h5-11,16H,1-4H3,(H,21,22)(H,23,24). The van der Waals surface area contributed by atoms with Crippen molar-refractivity contribution in [1.29, 1.82) is 0 Å². The molecular weight excluding hydrogens is 320 g/mol. The summed E-state index contributed by atoms with van der Waals surface area (Å²) in [4.78, 5) is 28.0. The monoisotopic (exact) mass is 342 g/mol. The van der Waals surface area contributed by atoms with Crippen molar-refractivity contribution in [2.24, 2.45) is 0 Å². The first-order valence-electron chi connectivity index (χ1n) is 7.86. The van der Waals surface area contributed by atoms with Gasteiger partial charge < -0.3 is 15.2 Å². The Bertz CT molecular complexity index is 746. The van der Waals surface area contributed by atoms with Gasteiger partial charge in [0.15, 0.2) is 6.04 Å². The van der Waals surface area contributed by atoms with Crippen LogP contribution in [0.25, 0.3) is 0 Å². The van der Waals surface area contributed by atoms with Crippen LogP contribution in [0.5, 0.6) is 5.75 Å². The summed E-state index contributed by atoms with van der Waals surface area (Å²) in [5, 5.41) is 11.9. The smallest absolute Gasteiger partial charge is 0.330 e. The van der Waals surface area contributed by atoms with Crippen LogP contribution >= 0.6 is 0 Å². The lowest BCUT2D eigenvalue weighted by Crippen LogP contribution is -2.34. The van der Waals surface area contributed by atoms with E-state index in [4.69, 9.17) is 4.74 Å². The highest BCUT2D eigenvalue weighted by Crippen LogP contribution is 2.22. The molecule has 0 radical (unpaired) electrons. The van der Waals surface area contributed by atoms with Crippen LogP contribution in [-0.2, 0) is 10.2 Å². The number of rotatable bonds is 5. The molecule has 2 N–H and O–H groups in total. The number of hydrogen-bond acceptors (Lipinski definition) is 4. The summed E-state index contributed by atoms with van der Waals surface area (Å²) >= 11 is 0. The number of carboxylic acid groups (broad SMARTS) is 1. The van der Waals surface area contributed by atoms with Crippen molar-refractivity contribution in [1.82, 2.24) is 10.3 Å². The highest BCUT2D eigenvalue weighted by Gasteiger charge is 2.23. The topological polar surface area (TPSA) is 88.5 Å². The third kappa shape index (κ3) is 4.56. The SMILES string of the molecule is COc1ccc(C(NC(=O)c2ccc(C(C)(C)C)cn2)C(=O)O)cc1. The van der Waals surface area contributed by atoms with Crippen LogP contribution in [0.1, 0.15) is 48.4 Å². The summed E-state index contributed by atoms with van der Waals surface area (Å²) in [6.07, 6.45) is 1.64. The van der Waals surface area contributed by atoms with Gasteiger partial charge in [-0.05, 0) is 34.7 Å². The Labute approximate surface area is 146 Å². The van der Waals surface area contributed by atoms with Crippen molar-refractivity contribution in [3.63, 3.8) is 0 Å². The van der Waals surface area contributed by atoms with Crippen LogP contribution in [0.4, 0.5) is 0 Å². The molecule has 1 atom stereocenters. The molecule has 6 nitrogen and oxygen atoms in total. The predicted molar refractivity (Wildman–Crippen MR) is 93.8 cm³/mol. The molecule has 1 aromatic carbocycles. The van der Waals surface area contributed by atoms with Gasteiger partial charge in [0.25, 0.3) is 5.91 Å². The van der Waals surface area contributed by atoms with Crippen molar-refractivity contribution in [3.8, 4) is 5.75 Å². The Morgan fingerprint density at radius 1 is 1.12 bits per heavy atom. The Hall–Kier alpha value is -2.89. The van der Waals surface area contributed by atoms with Crippen molar-refractivity contribution in [2.75, 3.05) is 7.11 Å². The van der Waals surface area contributed by atoms with E-state index in [0.717, 1.165) is 5.56 Å². The zero-order valence-electron chi connectivity index (χ0n) is 14.7. The van der Waals surface area contributed by atoms with Crippen molar-refractivity contribution >= 4 is 11.9 Å². The average molecular weight is 342 g/mol. The molecule has 0 aliphatic rings. The van der Waals surface area contributed by atoms with Crippen LogP contribution in [0.2, 0.25) is 0 Å². The maximum atomic E-state index is 12.4. The van der Waals surface area contributed by atoms with Gasteiger partial charge in [-0.1, -0.05) is 39.0 Å². The van der Waals surface area contributed by atoms with Gasteiger partial charge in [-0.2, -0.15) is 0 Å². The summed E-state index contributed by atoms with van der Waals surface area (Å²) in [7, 11) is 1.53. The van der Waals surface area contributed by atoms with E-state index in [2.05, 4.69) is 10.3 Å².